The van der Waals surface area contributed by atoms with E-state index in [2.05, 4.69) is 15.3 Å². The van der Waals surface area contributed by atoms with Gasteiger partial charge in [-0.05, 0) is 26.7 Å². The Balaban J connectivity index is 2.04. The van der Waals surface area contributed by atoms with Crippen molar-refractivity contribution in [3.05, 3.63) is 11.9 Å². The molecule has 1 saturated carbocycles. The van der Waals surface area contributed by atoms with Gasteiger partial charge in [-0.15, -0.1) is 0 Å². The van der Waals surface area contributed by atoms with Crippen molar-refractivity contribution in [2.24, 2.45) is 5.41 Å². The number of ether oxygens (including phenoxy) is 1. The van der Waals surface area contributed by atoms with Gasteiger partial charge >= 0.3 is 0 Å². The summed E-state index contributed by atoms with van der Waals surface area (Å²) in [6.07, 6.45) is 7.37. The summed E-state index contributed by atoms with van der Waals surface area (Å²) in [5.41, 5.74) is 0.930. The van der Waals surface area contributed by atoms with Crippen LogP contribution in [0.15, 0.2) is 6.33 Å². The second-order valence-corrected chi connectivity index (χ2v) is 5.66. The van der Waals surface area contributed by atoms with Crippen molar-refractivity contribution in [1.82, 2.24) is 9.97 Å². The highest BCUT2D eigenvalue weighted by Crippen LogP contribution is 2.36. The molecular formula is C15H25N3O2. The smallest absolute Gasteiger partial charge is 0.221 e. The number of aliphatic hydroxyl groups is 1. The fourth-order valence-corrected chi connectivity index (χ4v) is 2.86. The summed E-state index contributed by atoms with van der Waals surface area (Å²) >= 11 is 0. The highest BCUT2D eigenvalue weighted by molar-refractivity contribution is 5.47. The van der Waals surface area contributed by atoms with Crippen LogP contribution in [-0.4, -0.2) is 34.8 Å². The third kappa shape index (κ3) is 3.39. The van der Waals surface area contributed by atoms with Crippen LogP contribution < -0.4 is 10.1 Å². The van der Waals surface area contributed by atoms with Crippen LogP contribution in [0.5, 0.6) is 5.88 Å². The van der Waals surface area contributed by atoms with Crippen molar-refractivity contribution >= 4 is 5.82 Å². The minimum absolute atomic E-state index is 0.00141. The van der Waals surface area contributed by atoms with Crippen molar-refractivity contribution in [2.75, 3.05) is 25.1 Å². The largest absolute Gasteiger partial charge is 0.478 e. The Kier molecular flexibility index (Phi) is 5.17. The third-order valence-corrected chi connectivity index (χ3v) is 4.20. The Morgan fingerprint density at radius 3 is 2.70 bits per heavy atom. The summed E-state index contributed by atoms with van der Waals surface area (Å²) in [6.45, 7) is 5.49. The van der Waals surface area contributed by atoms with Gasteiger partial charge in [-0.2, -0.15) is 0 Å². The van der Waals surface area contributed by atoms with Crippen LogP contribution in [0.1, 0.15) is 44.6 Å². The molecule has 20 heavy (non-hydrogen) atoms. The molecule has 5 heteroatoms. The first-order chi connectivity index (χ1) is 9.71. The van der Waals surface area contributed by atoms with Crippen molar-refractivity contribution < 1.29 is 9.84 Å². The van der Waals surface area contributed by atoms with E-state index in [0.717, 1.165) is 30.8 Å². The van der Waals surface area contributed by atoms with Gasteiger partial charge in [0.1, 0.15) is 12.1 Å². The summed E-state index contributed by atoms with van der Waals surface area (Å²) in [6, 6.07) is 0. The summed E-state index contributed by atoms with van der Waals surface area (Å²) in [7, 11) is 0. The molecule has 0 spiro atoms. The van der Waals surface area contributed by atoms with Gasteiger partial charge in [0.15, 0.2) is 0 Å². The Labute approximate surface area is 120 Å². The van der Waals surface area contributed by atoms with Crippen LogP contribution in [0.2, 0.25) is 0 Å². The lowest BCUT2D eigenvalue weighted by atomic mass is 9.74. The number of rotatable bonds is 6. The van der Waals surface area contributed by atoms with Crippen LogP contribution in [-0.2, 0) is 0 Å². The maximum Gasteiger partial charge on any atom is 0.221 e. The Bertz CT molecular complexity index is 431. The second-order valence-electron chi connectivity index (χ2n) is 5.66. The number of aliphatic hydroxyl groups excluding tert-OH is 1. The predicted molar refractivity (Wildman–Crippen MR) is 79.0 cm³/mol. The number of hydrogen-bond acceptors (Lipinski definition) is 5. The van der Waals surface area contributed by atoms with Crippen molar-refractivity contribution in [3.8, 4) is 5.88 Å². The van der Waals surface area contributed by atoms with E-state index in [9.17, 15) is 5.11 Å². The molecule has 0 radical (unpaired) electrons. The summed E-state index contributed by atoms with van der Waals surface area (Å²) < 4.78 is 5.48. The molecule has 0 saturated heterocycles. The minimum Gasteiger partial charge on any atom is -0.478 e. The maximum absolute atomic E-state index is 9.73. The van der Waals surface area contributed by atoms with Crippen molar-refractivity contribution in [2.45, 2.75) is 46.0 Å². The van der Waals surface area contributed by atoms with Gasteiger partial charge in [0.2, 0.25) is 5.88 Å². The first-order valence-electron chi connectivity index (χ1n) is 7.50. The summed E-state index contributed by atoms with van der Waals surface area (Å²) in [5, 5.41) is 13.1. The van der Waals surface area contributed by atoms with Crippen molar-refractivity contribution in [3.63, 3.8) is 0 Å². The highest BCUT2D eigenvalue weighted by atomic mass is 16.5. The van der Waals surface area contributed by atoms with E-state index < -0.39 is 0 Å². The van der Waals surface area contributed by atoms with E-state index in [1.54, 1.807) is 0 Å². The number of hydrogen-bond donors (Lipinski definition) is 2. The molecule has 1 aromatic rings. The predicted octanol–water partition coefficient (Wildman–Crippen LogP) is 2.54. The van der Waals surface area contributed by atoms with Gasteiger partial charge in [-0.25, -0.2) is 9.97 Å². The van der Waals surface area contributed by atoms with Crippen LogP contribution in [0.3, 0.4) is 0 Å². The zero-order valence-electron chi connectivity index (χ0n) is 12.5. The molecule has 0 aromatic carbocycles. The molecule has 1 heterocycles. The van der Waals surface area contributed by atoms with Gasteiger partial charge in [0.25, 0.3) is 0 Å². The molecule has 2 N–H and O–H groups in total. The molecule has 0 amide bonds. The molecule has 0 bridgehead atoms. The molecule has 1 aromatic heterocycles. The molecule has 1 aliphatic carbocycles. The topological polar surface area (TPSA) is 67.3 Å². The lowest BCUT2D eigenvalue weighted by Gasteiger charge is -2.36. The fraction of sp³-hybridized carbons (Fsp3) is 0.733. The van der Waals surface area contributed by atoms with Gasteiger partial charge in [0, 0.05) is 12.0 Å². The molecule has 5 nitrogen and oxygen atoms in total. The molecule has 1 fully saturated rings. The molecule has 1 aliphatic rings. The molecule has 0 aliphatic heterocycles. The standard InChI is InChI=1S/C15H25N3O2/c1-3-20-14-12(2)13(17-11-18-14)16-9-15(10-19)7-5-4-6-8-15/h11,19H,3-10H2,1-2H3,(H,16,17,18). The average Bonchev–Trinajstić information content (AvgIpc) is 2.49. The molecule has 0 atom stereocenters. The van der Waals surface area contributed by atoms with E-state index in [1.165, 1.54) is 25.6 Å². The lowest BCUT2D eigenvalue weighted by molar-refractivity contribution is 0.0943. The van der Waals surface area contributed by atoms with E-state index in [-0.39, 0.29) is 12.0 Å². The lowest BCUT2D eigenvalue weighted by Crippen LogP contribution is -2.35. The van der Waals surface area contributed by atoms with Crippen molar-refractivity contribution in [1.29, 1.82) is 0 Å². The number of anilines is 1. The van der Waals surface area contributed by atoms with Crippen LogP contribution >= 0.6 is 0 Å². The minimum atomic E-state index is 0.00141. The van der Waals surface area contributed by atoms with E-state index >= 15 is 0 Å². The zero-order chi connectivity index (χ0) is 14.4. The van der Waals surface area contributed by atoms with Gasteiger partial charge in [-0.1, -0.05) is 19.3 Å². The Morgan fingerprint density at radius 1 is 1.30 bits per heavy atom. The van der Waals surface area contributed by atoms with Gasteiger partial charge in [-0.3, -0.25) is 0 Å². The van der Waals surface area contributed by atoms with Gasteiger partial charge in [0.05, 0.1) is 18.8 Å². The van der Waals surface area contributed by atoms with Crippen LogP contribution in [0.4, 0.5) is 5.82 Å². The number of nitrogens with zero attached hydrogens (tertiary/aromatic N) is 2. The van der Waals surface area contributed by atoms with E-state index in [1.807, 2.05) is 13.8 Å². The Morgan fingerprint density at radius 2 is 2.05 bits per heavy atom. The second kappa shape index (κ2) is 6.88. The molecule has 112 valence electrons. The quantitative estimate of drug-likeness (QED) is 0.837. The third-order valence-electron chi connectivity index (χ3n) is 4.20. The molecular weight excluding hydrogens is 254 g/mol. The van der Waals surface area contributed by atoms with E-state index in [0.29, 0.717) is 12.5 Å². The van der Waals surface area contributed by atoms with E-state index in [4.69, 9.17) is 4.74 Å². The highest BCUT2D eigenvalue weighted by Gasteiger charge is 2.31. The number of aromatic nitrogens is 2. The first-order valence-corrected chi connectivity index (χ1v) is 7.50. The molecule has 0 unspecified atom stereocenters. The Hall–Kier alpha value is -1.36. The zero-order valence-corrected chi connectivity index (χ0v) is 12.5. The average molecular weight is 279 g/mol. The first kappa shape index (κ1) is 15.0. The monoisotopic (exact) mass is 279 g/mol. The summed E-state index contributed by atoms with van der Waals surface area (Å²) in [5.74, 6) is 1.44. The molecule has 2 rings (SSSR count). The summed E-state index contributed by atoms with van der Waals surface area (Å²) in [4.78, 5) is 8.43. The SMILES string of the molecule is CCOc1ncnc(NCC2(CO)CCCCC2)c1C. The fourth-order valence-electron chi connectivity index (χ4n) is 2.86. The van der Waals surface area contributed by atoms with Gasteiger partial charge < -0.3 is 15.2 Å². The van der Waals surface area contributed by atoms with Crippen LogP contribution in [0, 0.1) is 12.3 Å². The number of nitrogens with one attached hydrogen (secondary N) is 1. The maximum atomic E-state index is 9.73. The van der Waals surface area contributed by atoms with Crippen LogP contribution in [0.25, 0.3) is 0 Å². The normalized spacial score (nSPS) is 17.8.